The van der Waals surface area contributed by atoms with Crippen LogP contribution >= 0.6 is 47.8 Å². The molecule has 0 saturated heterocycles. The summed E-state index contributed by atoms with van der Waals surface area (Å²) in [7, 11) is 0. The Morgan fingerprint density at radius 1 is 1.11 bits per heavy atom. The van der Waals surface area contributed by atoms with Gasteiger partial charge in [-0.15, -0.1) is 0 Å². The number of hydrogen-bond acceptors (Lipinski definition) is 6. The highest BCUT2D eigenvalue weighted by molar-refractivity contribution is 9.11. The molecule has 186 valence electrons. The molecule has 1 N–H and O–H groups in total. The number of rotatable bonds is 6. The number of hydrogen-bond donors (Lipinski definition) is 1. The van der Waals surface area contributed by atoms with Crippen LogP contribution in [0.25, 0.3) is 33.5 Å². The molecule has 0 aliphatic heterocycles. The summed E-state index contributed by atoms with van der Waals surface area (Å²) in [4.78, 5) is 29.3. The Labute approximate surface area is 235 Å². The van der Waals surface area contributed by atoms with Crippen LogP contribution < -0.4 is 10.3 Å². The molecule has 1 atom stereocenters. The summed E-state index contributed by atoms with van der Waals surface area (Å²) in [6.07, 6.45) is 0.460. The number of fused-ring (bicyclic) bond motifs is 2. The van der Waals surface area contributed by atoms with Crippen LogP contribution in [0, 0.1) is 0 Å². The van der Waals surface area contributed by atoms with E-state index in [1.54, 1.807) is 30.3 Å². The van der Waals surface area contributed by atoms with E-state index in [0.29, 0.717) is 42.5 Å². The maximum Gasteiger partial charge on any atom is 0.344 e. The van der Waals surface area contributed by atoms with Crippen molar-refractivity contribution in [3.63, 3.8) is 0 Å². The Kier molecular flexibility index (Phi) is 7.02. The Morgan fingerprint density at radius 2 is 1.84 bits per heavy atom. The molecule has 0 aliphatic carbocycles. The normalized spacial score (nSPS) is 12.4. The van der Waals surface area contributed by atoms with Crippen LogP contribution in [0.5, 0.6) is 5.75 Å². The lowest BCUT2D eigenvalue weighted by molar-refractivity contribution is -0.144. The molecule has 0 fully saturated rings. The van der Waals surface area contributed by atoms with Gasteiger partial charge in [0.05, 0.1) is 26.1 Å². The first kappa shape index (κ1) is 25.4. The Balaban J connectivity index is 1.62. The number of furan rings is 1. The van der Waals surface area contributed by atoms with Gasteiger partial charge in [0.2, 0.25) is 5.82 Å². The molecule has 0 amide bonds. The van der Waals surface area contributed by atoms with Gasteiger partial charge in [-0.05, 0) is 92.9 Å². The van der Waals surface area contributed by atoms with Crippen molar-refractivity contribution < 1.29 is 19.1 Å². The van der Waals surface area contributed by atoms with Crippen LogP contribution in [0.15, 0.2) is 88.4 Å². The molecule has 0 unspecified atom stereocenters. The fourth-order valence-electron chi connectivity index (χ4n) is 3.63. The summed E-state index contributed by atoms with van der Waals surface area (Å²) < 4.78 is 14.7. The zero-order valence-electron chi connectivity index (χ0n) is 19.0. The van der Waals surface area contributed by atoms with Crippen molar-refractivity contribution in [3.8, 4) is 17.3 Å². The molecule has 0 aliphatic rings. The summed E-state index contributed by atoms with van der Waals surface area (Å²) in [5, 5.41) is 14.9. The third-order valence-electron chi connectivity index (χ3n) is 5.44. The lowest BCUT2D eigenvalue weighted by Crippen LogP contribution is -2.23. The molecule has 2 aromatic heterocycles. The molecular weight excluding hydrogens is 674 g/mol. The first-order valence-electron chi connectivity index (χ1n) is 10.9. The number of carboxylic acids is 1. The zero-order chi connectivity index (χ0) is 26.3. The molecular formula is C26H16Br3N3O5. The highest BCUT2D eigenvalue weighted by atomic mass is 79.9. The average Bonchev–Trinajstić information content (AvgIpc) is 3.28. The molecule has 0 spiro atoms. The number of benzene rings is 3. The van der Waals surface area contributed by atoms with Crippen molar-refractivity contribution in [2.75, 3.05) is 0 Å². The summed E-state index contributed by atoms with van der Waals surface area (Å²) in [5.74, 6) is -0.105. The largest absolute Gasteiger partial charge is 0.479 e. The summed E-state index contributed by atoms with van der Waals surface area (Å²) in [6, 6.07) is 17.9. The second-order valence-corrected chi connectivity index (χ2v) is 10.6. The van der Waals surface area contributed by atoms with Gasteiger partial charge in [-0.1, -0.05) is 28.1 Å². The van der Waals surface area contributed by atoms with Crippen LogP contribution in [0.3, 0.4) is 0 Å². The highest BCUT2D eigenvalue weighted by Crippen LogP contribution is 2.35. The minimum Gasteiger partial charge on any atom is -0.479 e. The molecule has 0 saturated carbocycles. The van der Waals surface area contributed by atoms with Crippen molar-refractivity contribution in [2.24, 2.45) is 5.10 Å². The van der Waals surface area contributed by atoms with E-state index in [4.69, 9.17) is 14.3 Å². The van der Waals surface area contributed by atoms with Crippen LogP contribution in [0.1, 0.15) is 12.5 Å². The van der Waals surface area contributed by atoms with Crippen molar-refractivity contribution in [1.29, 1.82) is 0 Å². The third-order valence-corrected chi connectivity index (χ3v) is 7.11. The van der Waals surface area contributed by atoms with E-state index in [1.807, 2.05) is 30.3 Å². The Bertz CT molecular complexity index is 1750. The first-order valence-corrected chi connectivity index (χ1v) is 13.2. The van der Waals surface area contributed by atoms with E-state index in [-0.39, 0.29) is 11.4 Å². The second kappa shape index (κ2) is 10.2. The standard InChI is InChI=1S/C26H16Br3N3O5/c1-13(26(34)35)36-23-18(28)8-14(9-19(23)29)12-30-32-24(31-20-5-3-2-4-17(20)25(32)33)22-11-15-10-16(27)6-7-21(15)37-22/h2-13H,1H3,(H,34,35)/t13-/m1/s1. The number of para-hydroxylation sites is 1. The molecule has 0 bridgehead atoms. The number of ether oxygens (including phenoxy) is 1. The van der Waals surface area contributed by atoms with Gasteiger partial charge < -0.3 is 14.3 Å². The zero-order valence-corrected chi connectivity index (χ0v) is 23.7. The van der Waals surface area contributed by atoms with Crippen LogP contribution in [0.4, 0.5) is 0 Å². The molecule has 2 heterocycles. The Morgan fingerprint density at radius 3 is 2.57 bits per heavy atom. The van der Waals surface area contributed by atoms with E-state index in [9.17, 15) is 9.59 Å². The van der Waals surface area contributed by atoms with Gasteiger partial charge in [0.25, 0.3) is 5.56 Å². The number of carboxylic acid groups (broad SMARTS) is 1. The predicted molar refractivity (Wildman–Crippen MR) is 151 cm³/mol. The van der Waals surface area contributed by atoms with Crippen LogP contribution in [0.2, 0.25) is 0 Å². The van der Waals surface area contributed by atoms with Crippen molar-refractivity contribution >= 4 is 81.8 Å². The topological polar surface area (TPSA) is 107 Å². The quantitative estimate of drug-likeness (QED) is 0.196. The van der Waals surface area contributed by atoms with E-state index >= 15 is 0 Å². The van der Waals surface area contributed by atoms with E-state index in [1.165, 1.54) is 17.8 Å². The van der Waals surface area contributed by atoms with Gasteiger partial charge in [0, 0.05) is 9.86 Å². The molecule has 0 radical (unpaired) electrons. The number of aliphatic carboxylic acids is 1. The lowest BCUT2D eigenvalue weighted by Gasteiger charge is -2.14. The van der Waals surface area contributed by atoms with Crippen LogP contribution in [-0.4, -0.2) is 33.1 Å². The van der Waals surface area contributed by atoms with E-state index in [0.717, 1.165) is 9.86 Å². The summed E-state index contributed by atoms with van der Waals surface area (Å²) >= 11 is 10.3. The minimum absolute atomic E-state index is 0.251. The number of nitrogens with zero attached hydrogens (tertiary/aromatic N) is 3. The molecule has 11 heteroatoms. The fraction of sp³-hybridized carbons (Fsp3) is 0.0769. The van der Waals surface area contributed by atoms with Gasteiger partial charge >= 0.3 is 5.97 Å². The molecule has 3 aromatic carbocycles. The number of aromatic nitrogens is 2. The van der Waals surface area contributed by atoms with E-state index < -0.39 is 12.1 Å². The fourth-order valence-corrected chi connectivity index (χ4v) is 5.42. The first-order chi connectivity index (χ1) is 17.7. The van der Waals surface area contributed by atoms with Crippen LogP contribution in [-0.2, 0) is 4.79 Å². The maximum absolute atomic E-state index is 13.5. The molecule has 37 heavy (non-hydrogen) atoms. The second-order valence-electron chi connectivity index (χ2n) is 8.02. The minimum atomic E-state index is -1.09. The van der Waals surface area contributed by atoms with Crippen molar-refractivity contribution in [3.05, 3.63) is 90.0 Å². The van der Waals surface area contributed by atoms with Gasteiger partial charge in [-0.25, -0.2) is 9.78 Å². The molecule has 5 rings (SSSR count). The summed E-state index contributed by atoms with van der Waals surface area (Å²) in [6.45, 7) is 1.44. The number of halogens is 3. The average molecular weight is 690 g/mol. The smallest absolute Gasteiger partial charge is 0.344 e. The number of carbonyl (C=O) groups is 1. The third kappa shape index (κ3) is 5.11. The van der Waals surface area contributed by atoms with Crippen molar-refractivity contribution in [2.45, 2.75) is 13.0 Å². The van der Waals surface area contributed by atoms with Gasteiger partial charge in [-0.2, -0.15) is 9.78 Å². The Hall–Kier alpha value is -3.28. The lowest BCUT2D eigenvalue weighted by atomic mass is 10.2. The summed E-state index contributed by atoms with van der Waals surface area (Å²) in [5.41, 5.74) is 1.44. The maximum atomic E-state index is 13.5. The predicted octanol–water partition coefficient (Wildman–Crippen LogP) is 6.83. The highest BCUT2D eigenvalue weighted by Gasteiger charge is 2.19. The van der Waals surface area contributed by atoms with Crippen molar-refractivity contribution in [1.82, 2.24) is 9.66 Å². The molecule has 8 nitrogen and oxygen atoms in total. The monoisotopic (exact) mass is 687 g/mol. The SMILES string of the molecule is C[C@@H](Oc1c(Br)cc(C=Nn2c(-c3cc4cc(Br)ccc4o3)nc3ccccc3c2=O)cc1Br)C(=O)O. The van der Waals surface area contributed by atoms with Gasteiger partial charge in [0.1, 0.15) is 11.3 Å². The van der Waals surface area contributed by atoms with E-state index in [2.05, 4.69) is 57.9 Å². The van der Waals surface area contributed by atoms with Gasteiger partial charge in [0.15, 0.2) is 11.9 Å². The molecule has 5 aromatic rings. The van der Waals surface area contributed by atoms with Gasteiger partial charge in [-0.3, -0.25) is 4.79 Å².